The molecule has 28 heavy (non-hydrogen) atoms. The molecule has 0 unspecified atom stereocenters. The van der Waals surface area contributed by atoms with Gasteiger partial charge in [0.2, 0.25) is 0 Å². The number of anilines is 2. The van der Waals surface area contributed by atoms with E-state index < -0.39 is 0 Å². The van der Waals surface area contributed by atoms with Crippen LogP contribution in [0.15, 0.2) is 22.7 Å². The molecule has 0 bridgehead atoms. The molecule has 1 aliphatic carbocycles. The number of hydrogen-bond donors (Lipinski definition) is 2. The lowest BCUT2D eigenvalue weighted by Gasteiger charge is -2.13. The van der Waals surface area contributed by atoms with Crippen molar-refractivity contribution in [2.75, 3.05) is 17.2 Å². The van der Waals surface area contributed by atoms with Gasteiger partial charge in [0, 0.05) is 15.0 Å². The van der Waals surface area contributed by atoms with Crippen LogP contribution in [-0.2, 0) is 17.6 Å². The molecule has 0 atom stereocenters. The Kier molecular flexibility index (Phi) is 7.48. The quantitative estimate of drug-likeness (QED) is 0.388. The van der Waals surface area contributed by atoms with E-state index in [1.807, 2.05) is 32.0 Å². The predicted molar refractivity (Wildman–Crippen MR) is 125 cm³/mol. The van der Waals surface area contributed by atoms with Crippen LogP contribution < -0.4 is 10.6 Å². The average molecular weight is 481 g/mol. The Hall–Kier alpha value is -1.44. The van der Waals surface area contributed by atoms with Crippen LogP contribution in [0.25, 0.3) is 0 Å². The lowest BCUT2D eigenvalue weighted by Crippen LogP contribution is -2.20. The van der Waals surface area contributed by atoms with E-state index in [9.17, 15) is 4.79 Å². The first-order valence-electron chi connectivity index (χ1n) is 9.65. The predicted octanol–water partition coefficient (Wildman–Crippen LogP) is 6.46. The van der Waals surface area contributed by atoms with Gasteiger partial charge in [0.05, 0.1) is 12.2 Å². The van der Waals surface area contributed by atoms with E-state index in [2.05, 4.69) is 26.6 Å². The smallest absolute Gasteiger partial charge is 0.341 e. The van der Waals surface area contributed by atoms with Gasteiger partial charge in [-0.15, -0.1) is 11.3 Å². The number of carbonyl (C=O) groups is 1. The summed E-state index contributed by atoms with van der Waals surface area (Å²) in [6.45, 7) is 4.23. The minimum atomic E-state index is -0.259. The maximum absolute atomic E-state index is 12.7. The molecule has 1 aliphatic rings. The summed E-state index contributed by atoms with van der Waals surface area (Å²) in [7, 11) is 0. The number of rotatable bonds is 4. The first-order chi connectivity index (χ1) is 13.5. The highest BCUT2D eigenvalue weighted by Gasteiger charge is 2.25. The van der Waals surface area contributed by atoms with Gasteiger partial charge in [0.15, 0.2) is 5.11 Å². The average Bonchev–Trinajstić information content (AvgIpc) is 2.94. The molecule has 1 aromatic carbocycles. The van der Waals surface area contributed by atoms with Crippen LogP contribution in [0.3, 0.4) is 0 Å². The zero-order valence-corrected chi connectivity index (χ0v) is 19.4. The molecule has 1 heterocycles. The fourth-order valence-corrected chi connectivity index (χ4v) is 5.23. The molecule has 0 spiro atoms. The van der Waals surface area contributed by atoms with E-state index in [-0.39, 0.29) is 5.97 Å². The Balaban J connectivity index is 1.84. The summed E-state index contributed by atoms with van der Waals surface area (Å²) in [4.78, 5) is 14.0. The van der Waals surface area contributed by atoms with Gasteiger partial charge in [0.25, 0.3) is 0 Å². The topological polar surface area (TPSA) is 50.4 Å². The molecular formula is C21H25BrN2O2S2. The van der Waals surface area contributed by atoms with Gasteiger partial charge in [-0.05, 0) is 81.1 Å². The zero-order chi connectivity index (χ0) is 20.1. The fraction of sp³-hybridized carbons (Fsp3) is 0.429. The summed E-state index contributed by atoms with van der Waals surface area (Å²) in [6.07, 6.45) is 6.67. The van der Waals surface area contributed by atoms with Gasteiger partial charge in [0.1, 0.15) is 5.00 Å². The number of thiophene rings is 1. The van der Waals surface area contributed by atoms with Crippen LogP contribution in [0.4, 0.5) is 10.7 Å². The van der Waals surface area contributed by atoms with Crippen LogP contribution in [0.2, 0.25) is 0 Å². The molecule has 2 aromatic rings. The van der Waals surface area contributed by atoms with Gasteiger partial charge < -0.3 is 15.4 Å². The van der Waals surface area contributed by atoms with Crippen molar-refractivity contribution < 1.29 is 9.53 Å². The molecule has 150 valence electrons. The van der Waals surface area contributed by atoms with Crippen LogP contribution >= 0.6 is 39.5 Å². The Bertz CT molecular complexity index is 880. The number of halogens is 1. The second kappa shape index (κ2) is 9.85. The van der Waals surface area contributed by atoms with Gasteiger partial charge in [-0.3, -0.25) is 0 Å². The number of fused-ring (bicyclic) bond motifs is 1. The van der Waals surface area contributed by atoms with Crippen LogP contribution in [0.5, 0.6) is 0 Å². The number of esters is 1. The van der Waals surface area contributed by atoms with E-state index in [1.165, 1.54) is 17.7 Å². The van der Waals surface area contributed by atoms with Crippen LogP contribution in [-0.4, -0.2) is 17.7 Å². The summed E-state index contributed by atoms with van der Waals surface area (Å²) in [5.74, 6) is -0.259. The monoisotopic (exact) mass is 480 g/mol. The number of carbonyl (C=O) groups excluding carboxylic acids is 1. The summed E-state index contributed by atoms with van der Waals surface area (Å²) < 4.78 is 6.41. The lowest BCUT2D eigenvalue weighted by atomic mass is 9.96. The van der Waals surface area contributed by atoms with E-state index in [0.29, 0.717) is 17.3 Å². The van der Waals surface area contributed by atoms with Crippen molar-refractivity contribution in [3.05, 3.63) is 44.2 Å². The summed E-state index contributed by atoms with van der Waals surface area (Å²) in [5, 5.41) is 7.73. The first kappa shape index (κ1) is 21.3. The highest BCUT2D eigenvalue weighted by Crippen LogP contribution is 2.37. The number of benzene rings is 1. The SMILES string of the molecule is CCOC(=O)c1c(NC(=S)Nc2ccc(Br)c(C)c2)sc2c1CCCCCC2. The van der Waals surface area contributed by atoms with Crippen molar-refractivity contribution in [2.45, 2.75) is 52.4 Å². The van der Waals surface area contributed by atoms with Crippen molar-refractivity contribution in [1.29, 1.82) is 0 Å². The van der Waals surface area contributed by atoms with Crippen LogP contribution in [0, 0.1) is 6.92 Å². The van der Waals surface area contributed by atoms with Crippen molar-refractivity contribution in [3.63, 3.8) is 0 Å². The van der Waals surface area contributed by atoms with Gasteiger partial charge in [-0.1, -0.05) is 28.8 Å². The molecule has 0 aliphatic heterocycles. The van der Waals surface area contributed by atoms with Crippen molar-refractivity contribution in [2.24, 2.45) is 0 Å². The number of aryl methyl sites for hydroxylation is 2. The molecule has 0 radical (unpaired) electrons. The molecule has 2 N–H and O–H groups in total. The van der Waals surface area contributed by atoms with Gasteiger partial charge >= 0.3 is 5.97 Å². The number of hydrogen-bond acceptors (Lipinski definition) is 4. The summed E-state index contributed by atoms with van der Waals surface area (Å²) >= 11 is 10.7. The maximum Gasteiger partial charge on any atom is 0.341 e. The second-order valence-electron chi connectivity index (χ2n) is 6.89. The number of nitrogens with one attached hydrogen (secondary N) is 2. The fourth-order valence-electron chi connectivity index (χ4n) is 3.41. The maximum atomic E-state index is 12.7. The number of ether oxygens (including phenoxy) is 1. The highest BCUT2D eigenvalue weighted by molar-refractivity contribution is 9.10. The van der Waals surface area contributed by atoms with Crippen molar-refractivity contribution >= 4 is 61.3 Å². The molecule has 4 nitrogen and oxygen atoms in total. The van der Waals surface area contributed by atoms with Crippen molar-refractivity contribution in [3.8, 4) is 0 Å². The molecule has 0 amide bonds. The third kappa shape index (κ3) is 5.13. The third-order valence-electron chi connectivity index (χ3n) is 4.79. The minimum absolute atomic E-state index is 0.259. The Morgan fingerprint density at radius 3 is 2.68 bits per heavy atom. The second-order valence-corrected chi connectivity index (χ2v) is 9.25. The standard InChI is InChI=1S/C21H25BrN2O2S2/c1-3-26-20(25)18-15-8-6-4-5-7-9-17(15)28-19(18)24-21(27)23-14-10-11-16(22)13(2)12-14/h10-12H,3-9H2,1-2H3,(H2,23,24,27). The van der Waals surface area contributed by atoms with Gasteiger partial charge in [-0.2, -0.15) is 0 Å². The molecule has 0 saturated carbocycles. The minimum Gasteiger partial charge on any atom is -0.462 e. The molecular weight excluding hydrogens is 456 g/mol. The highest BCUT2D eigenvalue weighted by atomic mass is 79.9. The molecule has 1 aromatic heterocycles. The molecule has 0 fully saturated rings. The largest absolute Gasteiger partial charge is 0.462 e. The summed E-state index contributed by atoms with van der Waals surface area (Å²) in [5.41, 5.74) is 3.85. The first-order valence-corrected chi connectivity index (χ1v) is 11.7. The van der Waals surface area contributed by atoms with E-state index >= 15 is 0 Å². The molecule has 7 heteroatoms. The Labute approximate surface area is 184 Å². The normalized spacial score (nSPS) is 13.8. The van der Waals surface area contributed by atoms with Crippen LogP contribution in [0.1, 0.15) is 59.0 Å². The van der Waals surface area contributed by atoms with Gasteiger partial charge in [-0.25, -0.2) is 4.79 Å². The number of thiocarbonyl (C=S) groups is 1. The van der Waals surface area contributed by atoms with Crippen molar-refractivity contribution in [1.82, 2.24) is 0 Å². The zero-order valence-electron chi connectivity index (χ0n) is 16.2. The molecule has 0 saturated heterocycles. The lowest BCUT2D eigenvalue weighted by molar-refractivity contribution is 0.0526. The van der Waals surface area contributed by atoms with E-state index in [1.54, 1.807) is 11.3 Å². The summed E-state index contributed by atoms with van der Waals surface area (Å²) in [6, 6.07) is 5.98. The molecule has 3 rings (SSSR count). The Morgan fingerprint density at radius 1 is 1.21 bits per heavy atom. The van der Waals surface area contributed by atoms with E-state index in [4.69, 9.17) is 17.0 Å². The third-order valence-corrected chi connectivity index (χ3v) is 7.09. The van der Waals surface area contributed by atoms with E-state index in [0.717, 1.165) is 52.0 Å². The Morgan fingerprint density at radius 2 is 1.96 bits per heavy atom.